The number of nitrogens with one attached hydrogen (secondary N) is 1. The Kier molecular flexibility index (Phi) is 4.54. The molecule has 0 aliphatic rings. The zero-order chi connectivity index (χ0) is 16.4. The maximum atomic E-state index is 12.4. The molecule has 1 aromatic heterocycles. The molecule has 0 aliphatic carbocycles. The van der Waals surface area contributed by atoms with E-state index in [0.717, 1.165) is 16.5 Å². The number of amides is 1. The highest BCUT2D eigenvalue weighted by atomic mass is 16.4. The quantitative estimate of drug-likeness (QED) is 0.888. The van der Waals surface area contributed by atoms with Crippen LogP contribution in [0.5, 0.6) is 0 Å². The van der Waals surface area contributed by atoms with Crippen LogP contribution in [0.4, 0.5) is 0 Å². The molecule has 0 bridgehead atoms. The fraction of sp³-hybridized carbons (Fsp3) is 0.412. The molecule has 0 aliphatic heterocycles. The van der Waals surface area contributed by atoms with Gasteiger partial charge in [-0.1, -0.05) is 38.5 Å². The maximum absolute atomic E-state index is 12.4. The first-order valence-electron chi connectivity index (χ1n) is 7.39. The number of carbonyl (C=O) groups excluding carboxylic acids is 1. The van der Waals surface area contributed by atoms with Crippen molar-refractivity contribution in [3.63, 3.8) is 0 Å². The van der Waals surface area contributed by atoms with Crippen molar-refractivity contribution < 1.29 is 19.1 Å². The summed E-state index contributed by atoms with van der Waals surface area (Å²) in [5.74, 6) is -1.50. The van der Waals surface area contributed by atoms with Gasteiger partial charge in [0.15, 0.2) is 5.76 Å². The van der Waals surface area contributed by atoms with Crippen molar-refractivity contribution in [3.05, 3.63) is 35.1 Å². The molecule has 0 saturated carbocycles. The third kappa shape index (κ3) is 2.84. The Morgan fingerprint density at radius 2 is 2.00 bits per heavy atom. The molecule has 2 atom stereocenters. The van der Waals surface area contributed by atoms with Crippen molar-refractivity contribution in [1.82, 2.24) is 5.32 Å². The first-order chi connectivity index (χ1) is 10.4. The summed E-state index contributed by atoms with van der Waals surface area (Å²) in [5, 5.41) is 12.7. The van der Waals surface area contributed by atoms with E-state index in [0.29, 0.717) is 12.0 Å². The van der Waals surface area contributed by atoms with Crippen molar-refractivity contribution >= 4 is 22.8 Å². The third-order valence-electron chi connectivity index (χ3n) is 4.13. The van der Waals surface area contributed by atoms with Gasteiger partial charge in [-0.15, -0.1) is 0 Å². The normalized spacial score (nSPS) is 13.8. The minimum absolute atomic E-state index is 0.159. The summed E-state index contributed by atoms with van der Waals surface area (Å²) in [5.41, 5.74) is 2.33. The Morgan fingerprint density at radius 3 is 2.55 bits per heavy atom. The summed E-state index contributed by atoms with van der Waals surface area (Å²) < 4.78 is 5.68. The van der Waals surface area contributed by atoms with E-state index in [4.69, 9.17) is 4.42 Å². The van der Waals surface area contributed by atoms with Gasteiger partial charge in [0.2, 0.25) is 0 Å². The third-order valence-corrected chi connectivity index (χ3v) is 4.13. The van der Waals surface area contributed by atoms with Crippen molar-refractivity contribution in [3.8, 4) is 0 Å². The van der Waals surface area contributed by atoms with E-state index in [2.05, 4.69) is 5.32 Å². The van der Waals surface area contributed by atoms with Gasteiger partial charge in [0.1, 0.15) is 11.6 Å². The lowest BCUT2D eigenvalue weighted by Gasteiger charge is -2.19. The Morgan fingerprint density at radius 1 is 1.32 bits per heavy atom. The molecule has 5 heteroatoms. The maximum Gasteiger partial charge on any atom is 0.326 e. The lowest BCUT2D eigenvalue weighted by Crippen LogP contribution is -2.45. The van der Waals surface area contributed by atoms with Crippen LogP contribution in [0.15, 0.2) is 22.6 Å². The van der Waals surface area contributed by atoms with Crippen LogP contribution in [0.1, 0.15) is 41.9 Å². The summed E-state index contributed by atoms with van der Waals surface area (Å²) in [7, 11) is 0. The van der Waals surface area contributed by atoms with E-state index in [-0.39, 0.29) is 11.7 Å². The number of carboxylic acid groups (broad SMARTS) is 1. The molecule has 2 aromatic rings. The molecule has 0 spiro atoms. The lowest BCUT2D eigenvalue weighted by atomic mass is 9.99. The second kappa shape index (κ2) is 6.22. The molecule has 0 saturated heterocycles. The fourth-order valence-electron chi connectivity index (χ4n) is 2.49. The second-order valence-corrected chi connectivity index (χ2v) is 5.68. The topological polar surface area (TPSA) is 79.5 Å². The highest BCUT2D eigenvalue weighted by molar-refractivity contribution is 6.00. The average Bonchev–Trinajstić information content (AvgIpc) is 2.82. The molecule has 0 fully saturated rings. The van der Waals surface area contributed by atoms with Gasteiger partial charge < -0.3 is 14.8 Å². The van der Waals surface area contributed by atoms with E-state index in [1.54, 1.807) is 13.8 Å². The van der Waals surface area contributed by atoms with Gasteiger partial charge in [-0.2, -0.15) is 0 Å². The fourth-order valence-corrected chi connectivity index (χ4v) is 2.49. The van der Waals surface area contributed by atoms with Gasteiger partial charge in [-0.3, -0.25) is 4.79 Å². The summed E-state index contributed by atoms with van der Waals surface area (Å²) in [6, 6.07) is 4.78. The Hall–Kier alpha value is -2.30. The van der Waals surface area contributed by atoms with E-state index < -0.39 is 17.9 Å². The number of rotatable bonds is 5. The van der Waals surface area contributed by atoms with Crippen LogP contribution in [0, 0.1) is 19.8 Å². The zero-order valence-electron chi connectivity index (χ0n) is 13.3. The standard InChI is InChI=1S/C17H21NO4/c1-5-9(2)13(17(20)21)18-16(19)15-11(4)12-8-6-7-10(3)14(12)22-15/h6-9,13H,5H2,1-4H3,(H,18,19)(H,20,21)/t9-,13-/m0/s1. The molecule has 2 rings (SSSR count). The van der Waals surface area contributed by atoms with Crippen LogP contribution in [-0.4, -0.2) is 23.0 Å². The SMILES string of the molecule is CC[C@H](C)[C@H](NC(=O)c1oc2c(C)cccc2c1C)C(=O)O. The summed E-state index contributed by atoms with van der Waals surface area (Å²) in [4.78, 5) is 23.7. The largest absolute Gasteiger partial charge is 0.480 e. The minimum atomic E-state index is -1.03. The smallest absolute Gasteiger partial charge is 0.326 e. The van der Waals surface area contributed by atoms with E-state index in [1.807, 2.05) is 32.0 Å². The molecule has 0 radical (unpaired) electrons. The highest BCUT2D eigenvalue weighted by Gasteiger charge is 2.28. The molecular weight excluding hydrogens is 282 g/mol. The molecule has 1 amide bonds. The summed E-state index contributed by atoms with van der Waals surface area (Å²) >= 11 is 0. The Bertz CT molecular complexity index is 717. The first-order valence-corrected chi connectivity index (χ1v) is 7.39. The van der Waals surface area contributed by atoms with Gasteiger partial charge >= 0.3 is 5.97 Å². The molecule has 22 heavy (non-hydrogen) atoms. The molecule has 0 unspecified atom stereocenters. The van der Waals surface area contributed by atoms with Crippen LogP contribution in [0.25, 0.3) is 11.0 Å². The molecule has 118 valence electrons. The van der Waals surface area contributed by atoms with E-state index in [1.165, 1.54) is 0 Å². The van der Waals surface area contributed by atoms with Gasteiger partial charge in [-0.05, 0) is 25.3 Å². The predicted octanol–water partition coefficient (Wildman–Crippen LogP) is 3.28. The number of furan rings is 1. The number of aryl methyl sites for hydroxylation is 2. The van der Waals surface area contributed by atoms with Crippen LogP contribution >= 0.6 is 0 Å². The van der Waals surface area contributed by atoms with Crippen LogP contribution in [-0.2, 0) is 4.79 Å². The van der Waals surface area contributed by atoms with E-state index >= 15 is 0 Å². The molecular formula is C17H21NO4. The number of carbonyl (C=O) groups is 2. The minimum Gasteiger partial charge on any atom is -0.480 e. The van der Waals surface area contributed by atoms with Crippen LogP contribution in [0.3, 0.4) is 0 Å². The summed E-state index contributed by atoms with van der Waals surface area (Å²) in [6.45, 7) is 7.41. The van der Waals surface area contributed by atoms with Gasteiger partial charge in [0.25, 0.3) is 5.91 Å². The molecule has 2 N–H and O–H groups in total. The molecule has 1 heterocycles. The van der Waals surface area contributed by atoms with Crippen LogP contribution in [0.2, 0.25) is 0 Å². The first kappa shape index (κ1) is 16.1. The Balaban J connectivity index is 2.35. The number of hydrogen-bond acceptors (Lipinski definition) is 3. The lowest BCUT2D eigenvalue weighted by molar-refractivity contribution is -0.140. The average molecular weight is 303 g/mol. The van der Waals surface area contributed by atoms with Gasteiger partial charge in [0, 0.05) is 10.9 Å². The van der Waals surface area contributed by atoms with Gasteiger partial charge in [-0.25, -0.2) is 4.79 Å². The predicted molar refractivity (Wildman–Crippen MR) is 84.0 cm³/mol. The van der Waals surface area contributed by atoms with Crippen molar-refractivity contribution in [2.45, 2.75) is 40.2 Å². The number of hydrogen-bond donors (Lipinski definition) is 2. The van der Waals surface area contributed by atoms with Gasteiger partial charge in [0.05, 0.1) is 0 Å². The van der Waals surface area contributed by atoms with Crippen molar-refractivity contribution in [2.24, 2.45) is 5.92 Å². The monoisotopic (exact) mass is 303 g/mol. The molecule has 1 aromatic carbocycles. The number of carboxylic acids is 1. The summed E-state index contributed by atoms with van der Waals surface area (Å²) in [6.07, 6.45) is 0.662. The number of aliphatic carboxylic acids is 1. The highest BCUT2D eigenvalue weighted by Crippen LogP contribution is 2.27. The number of fused-ring (bicyclic) bond motifs is 1. The Labute approximate surface area is 129 Å². The molecule has 5 nitrogen and oxygen atoms in total. The van der Waals surface area contributed by atoms with E-state index in [9.17, 15) is 14.7 Å². The second-order valence-electron chi connectivity index (χ2n) is 5.68. The van der Waals surface area contributed by atoms with Crippen molar-refractivity contribution in [1.29, 1.82) is 0 Å². The number of benzene rings is 1. The zero-order valence-corrected chi connectivity index (χ0v) is 13.3. The van der Waals surface area contributed by atoms with Crippen LogP contribution < -0.4 is 5.32 Å². The number of para-hydroxylation sites is 1. The van der Waals surface area contributed by atoms with Crippen molar-refractivity contribution in [2.75, 3.05) is 0 Å².